The first-order valence-electron chi connectivity index (χ1n) is 8.08. The summed E-state index contributed by atoms with van der Waals surface area (Å²) in [6.07, 6.45) is 13.2. The second-order valence-electron chi connectivity index (χ2n) is 5.78. The largest absolute Gasteiger partial charge is 0.289 e. The van der Waals surface area contributed by atoms with Crippen LogP contribution in [0.5, 0.6) is 0 Å². The number of carbonyl (C=O) groups excluding carboxylic acids is 1. The first kappa shape index (κ1) is 16.5. The molecule has 0 radical (unpaired) electrons. The predicted octanol–water partition coefficient (Wildman–Crippen LogP) is 5.61. The zero-order valence-corrected chi connectivity index (χ0v) is 14.3. The minimum absolute atomic E-state index is 0.0539. The number of hydrogen-bond acceptors (Lipinski definition) is 2. The molecule has 0 heterocycles. The zero-order chi connectivity index (χ0) is 16.7. The van der Waals surface area contributed by atoms with Crippen LogP contribution in [0.15, 0.2) is 97.1 Å². The number of carbonyl (C=O) groups is 1. The summed E-state index contributed by atoms with van der Waals surface area (Å²) in [7, 11) is 0. The van der Waals surface area contributed by atoms with Gasteiger partial charge in [-0.3, -0.25) is 4.79 Å². The molecule has 3 rings (SSSR count). The van der Waals surface area contributed by atoms with Gasteiger partial charge in [0.2, 0.25) is 0 Å². The summed E-state index contributed by atoms with van der Waals surface area (Å²) in [6, 6.07) is 19.9. The number of hydrogen-bond donors (Lipinski definition) is 0. The Morgan fingerprint density at radius 3 is 2.38 bits per heavy atom. The third-order valence-corrected chi connectivity index (χ3v) is 5.44. The molecular weight excluding hydrogens is 312 g/mol. The third kappa shape index (κ3) is 4.36. The molecule has 2 aromatic rings. The lowest BCUT2D eigenvalue weighted by atomic mass is 9.98. The van der Waals surface area contributed by atoms with Gasteiger partial charge in [-0.1, -0.05) is 91.0 Å². The Morgan fingerprint density at radius 1 is 1.00 bits per heavy atom. The van der Waals surface area contributed by atoms with Crippen LogP contribution in [-0.4, -0.2) is 10.5 Å². The van der Waals surface area contributed by atoms with Crippen LogP contribution in [0.25, 0.3) is 0 Å². The molecule has 1 aliphatic carbocycles. The molecule has 1 atom stereocenters. The van der Waals surface area contributed by atoms with Gasteiger partial charge in [0.15, 0.2) is 5.78 Å². The molecule has 2 aromatic carbocycles. The molecule has 0 aliphatic heterocycles. The first-order valence-corrected chi connectivity index (χ1v) is 9.07. The lowest BCUT2D eigenvalue weighted by Gasteiger charge is -2.27. The monoisotopic (exact) mass is 332 g/mol. The van der Waals surface area contributed by atoms with Crippen molar-refractivity contribution in [2.24, 2.45) is 0 Å². The normalized spacial score (nSPS) is 19.7. The predicted molar refractivity (Wildman–Crippen MR) is 103 cm³/mol. The maximum Gasteiger partial charge on any atom is 0.185 e. The lowest BCUT2D eigenvalue weighted by molar-refractivity contribution is 0.104. The number of ketones is 1. The Hall–Kier alpha value is -2.32. The topological polar surface area (TPSA) is 17.1 Å². The highest BCUT2D eigenvalue weighted by molar-refractivity contribution is 8.00. The van der Waals surface area contributed by atoms with Gasteiger partial charge in [0.1, 0.15) is 0 Å². The maximum atomic E-state index is 12.4. The first-order chi connectivity index (χ1) is 11.8. The van der Waals surface area contributed by atoms with E-state index in [1.54, 1.807) is 6.08 Å². The molecule has 0 fully saturated rings. The van der Waals surface area contributed by atoms with Gasteiger partial charge in [0, 0.05) is 11.3 Å². The van der Waals surface area contributed by atoms with Gasteiger partial charge in [-0.25, -0.2) is 0 Å². The second-order valence-corrected chi connectivity index (χ2v) is 7.12. The van der Waals surface area contributed by atoms with Crippen molar-refractivity contribution >= 4 is 17.5 Å². The summed E-state index contributed by atoms with van der Waals surface area (Å²) in [5, 5.41) is 0. The number of rotatable bonds is 6. The molecule has 24 heavy (non-hydrogen) atoms. The molecule has 2 heteroatoms. The van der Waals surface area contributed by atoms with Crippen molar-refractivity contribution < 1.29 is 4.79 Å². The van der Waals surface area contributed by atoms with Crippen LogP contribution >= 0.6 is 11.8 Å². The van der Waals surface area contributed by atoms with Gasteiger partial charge in [-0.15, -0.1) is 11.8 Å². The maximum absolute atomic E-state index is 12.4. The highest BCUT2D eigenvalue weighted by atomic mass is 32.2. The molecule has 0 saturated carbocycles. The number of thioether (sulfide) groups is 1. The summed E-state index contributed by atoms with van der Waals surface area (Å²) < 4.78 is -0.158. The summed E-state index contributed by atoms with van der Waals surface area (Å²) in [5.74, 6) is 0.973. The molecule has 0 spiro atoms. The van der Waals surface area contributed by atoms with E-state index in [1.165, 1.54) is 5.56 Å². The van der Waals surface area contributed by atoms with E-state index < -0.39 is 0 Å². The Kier molecular flexibility index (Phi) is 5.50. The minimum atomic E-state index is -0.158. The van der Waals surface area contributed by atoms with Crippen molar-refractivity contribution in [1.29, 1.82) is 0 Å². The van der Waals surface area contributed by atoms with Crippen LogP contribution in [0, 0.1) is 0 Å². The second kappa shape index (κ2) is 7.98. The standard InChI is InChI=1S/C22H20OS/c23-21(20-12-6-2-7-13-20)14-17-22(15-8-3-9-16-22)24-18-19-10-4-1-5-11-19/h1-15,17H,16,18H2. The van der Waals surface area contributed by atoms with Gasteiger partial charge in [0.05, 0.1) is 4.75 Å². The molecule has 0 amide bonds. The summed E-state index contributed by atoms with van der Waals surface area (Å²) in [4.78, 5) is 12.4. The van der Waals surface area contributed by atoms with Gasteiger partial charge >= 0.3 is 0 Å². The van der Waals surface area contributed by atoms with Crippen LogP contribution in [0.1, 0.15) is 22.3 Å². The van der Waals surface area contributed by atoms with Crippen LogP contribution in [0.2, 0.25) is 0 Å². The Labute approximate surface area is 147 Å². The van der Waals surface area contributed by atoms with E-state index >= 15 is 0 Å². The Bertz CT molecular complexity index is 759. The molecular formula is C22H20OS. The van der Waals surface area contributed by atoms with Crippen LogP contribution < -0.4 is 0 Å². The molecule has 1 unspecified atom stereocenters. The molecule has 0 aromatic heterocycles. The Morgan fingerprint density at radius 2 is 1.71 bits per heavy atom. The fraction of sp³-hybridized carbons (Fsp3) is 0.136. The van der Waals surface area contributed by atoms with Crippen molar-refractivity contribution in [3.05, 3.63) is 108 Å². The van der Waals surface area contributed by atoms with E-state index in [0.29, 0.717) is 0 Å². The van der Waals surface area contributed by atoms with Gasteiger partial charge in [-0.2, -0.15) is 0 Å². The van der Waals surface area contributed by atoms with Crippen molar-refractivity contribution in [3.8, 4) is 0 Å². The van der Waals surface area contributed by atoms with Crippen LogP contribution in [-0.2, 0) is 5.75 Å². The fourth-order valence-electron chi connectivity index (χ4n) is 2.60. The van der Waals surface area contributed by atoms with Crippen molar-refractivity contribution in [3.63, 3.8) is 0 Å². The van der Waals surface area contributed by atoms with E-state index in [2.05, 4.69) is 54.6 Å². The van der Waals surface area contributed by atoms with Crippen molar-refractivity contribution in [2.75, 3.05) is 0 Å². The molecule has 1 nitrogen and oxygen atoms in total. The molecule has 0 saturated heterocycles. The van der Waals surface area contributed by atoms with E-state index in [4.69, 9.17) is 0 Å². The Balaban J connectivity index is 1.74. The van der Waals surface area contributed by atoms with Gasteiger partial charge in [0.25, 0.3) is 0 Å². The molecule has 1 aliphatic rings. The highest BCUT2D eigenvalue weighted by Gasteiger charge is 2.25. The lowest BCUT2D eigenvalue weighted by Crippen LogP contribution is -2.20. The smallest absolute Gasteiger partial charge is 0.185 e. The summed E-state index contributed by atoms with van der Waals surface area (Å²) >= 11 is 1.86. The molecule has 120 valence electrons. The summed E-state index contributed by atoms with van der Waals surface area (Å²) in [6.45, 7) is 0. The van der Waals surface area contributed by atoms with E-state index in [0.717, 1.165) is 17.7 Å². The van der Waals surface area contributed by atoms with E-state index in [-0.39, 0.29) is 10.5 Å². The SMILES string of the molecule is O=C(C=CC1(SCc2ccccc2)C=CC=CC1)c1ccccc1. The summed E-state index contributed by atoms with van der Waals surface area (Å²) in [5.41, 5.74) is 2.03. The number of benzene rings is 2. The van der Waals surface area contributed by atoms with Gasteiger partial charge < -0.3 is 0 Å². The third-order valence-electron chi connectivity index (χ3n) is 3.99. The number of allylic oxidation sites excluding steroid dienone is 4. The highest BCUT2D eigenvalue weighted by Crippen LogP contribution is 2.37. The zero-order valence-electron chi connectivity index (χ0n) is 13.5. The van der Waals surface area contributed by atoms with Crippen LogP contribution in [0.3, 0.4) is 0 Å². The van der Waals surface area contributed by atoms with E-state index in [1.807, 2.05) is 48.2 Å². The quantitative estimate of drug-likeness (QED) is 0.505. The molecule has 0 N–H and O–H groups in total. The average Bonchev–Trinajstić information content (AvgIpc) is 2.67. The van der Waals surface area contributed by atoms with Crippen molar-refractivity contribution in [1.82, 2.24) is 0 Å². The average molecular weight is 332 g/mol. The van der Waals surface area contributed by atoms with Crippen LogP contribution in [0.4, 0.5) is 0 Å². The van der Waals surface area contributed by atoms with Crippen molar-refractivity contribution in [2.45, 2.75) is 16.9 Å². The van der Waals surface area contributed by atoms with Gasteiger partial charge in [-0.05, 0) is 18.1 Å². The molecule has 0 bridgehead atoms. The minimum Gasteiger partial charge on any atom is -0.289 e. The fourth-order valence-corrected chi connectivity index (χ4v) is 3.78. The van der Waals surface area contributed by atoms with E-state index in [9.17, 15) is 4.79 Å².